The maximum absolute atomic E-state index is 12.3. The number of hydrogen-bond donors (Lipinski definition) is 2. The van der Waals surface area contributed by atoms with Crippen LogP contribution in [0.4, 0.5) is 0 Å². The normalized spacial score (nSPS) is 17.6. The van der Waals surface area contributed by atoms with E-state index >= 15 is 0 Å². The lowest BCUT2D eigenvalue weighted by atomic mass is 10.1. The molecule has 2 heterocycles. The number of amides is 2. The maximum Gasteiger partial charge on any atom is 0.262 e. The molecule has 2 aromatic rings. The van der Waals surface area contributed by atoms with E-state index in [4.69, 9.17) is 0 Å². The first-order valence-electron chi connectivity index (χ1n) is 6.89. The highest BCUT2D eigenvalue weighted by molar-refractivity contribution is 7.17. The number of benzene rings is 1. The van der Waals surface area contributed by atoms with Gasteiger partial charge in [-0.25, -0.2) is 0 Å². The van der Waals surface area contributed by atoms with Crippen LogP contribution in [0, 0.1) is 6.92 Å². The Morgan fingerprint density at radius 2 is 2.10 bits per heavy atom. The van der Waals surface area contributed by atoms with Crippen LogP contribution in [0.3, 0.4) is 0 Å². The summed E-state index contributed by atoms with van der Waals surface area (Å²) in [4.78, 5) is 25.5. The summed E-state index contributed by atoms with van der Waals surface area (Å²) in [5, 5.41) is 5.51. The first-order valence-corrected chi connectivity index (χ1v) is 7.71. The van der Waals surface area contributed by atoms with Crippen molar-refractivity contribution in [2.75, 3.05) is 6.54 Å². The summed E-state index contributed by atoms with van der Waals surface area (Å²) < 4.78 is 0. The van der Waals surface area contributed by atoms with Gasteiger partial charge in [0.25, 0.3) is 5.91 Å². The molecular weight excluding hydrogens is 284 g/mol. The highest BCUT2D eigenvalue weighted by Crippen LogP contribution is 2.32. The Kier molecular flexibility index (Phi) is 3.75. The molecule has 0 spiro atoms. The fourth-order valence-corrected chi connectivity index (χ4v) is 3.51. The van der Waals surface area contributed by atoms with Crippen molar-refractivity contribution in [2.45, 2.75) is 19.4 Å². The fourth-order valence-electron chi connectivity index (χ4n) is 2.43. The minimum atomic E-state index is -0.403. The monoisotopic (exact) mass is 300 g/mol. The molecular formula is C16H16N2O2S. The van der Waals surface area contributed by atoms with Crippen LogP contribution in [0.2, 0.25) is 0 Å². The highest BCUT2D eigenvalue weighted by atomic mass is 32.1. The van der Waals surface area contributed by atoms with Gasteiger partial charge in [0.2, 0.25) is 5.91 Å². The van der Waals surface area contributed by atoms with E-state index < -0.39 is 6.04 Å². The molecule has 0 radical (unpaired) electrons. The van der Waals surface area contributed by atoms with Gasteiger partial charge in [0.1, 0.15) is 6.04 Å². The van der Waals surface area contributed by atoms with Crippen molar-refractivity contribution in [2.24, 2.45) is 0 Å². The van der Waals surface area contributed by atoms with Crippen LogP contribution in [0.25, 0.3) is 10.4 Å². The van der Waals surface area contributed by atoms with E-state index in [1.807, 2.05) is 43.3 Å². The van der Waals surface area contributed by atoms with Crippen LogP contribution < -0.4 is 10.6 Å². The van der Waals surface area contributed by atoms with E-state index in [1.165, 1.54) is 11.3 Å². The number of rotatable bonds is 3. The van der Waals surface area contributed by atoms with Crippen LogP contribution in [0.5, 0.6) is 0 Å². The molecule has 1 aliphatic rings. The predicted octanol–water partition coefficient (Wildman–Crippen LogP) is 2.34. The van der Waals surface area contributed by atoms with Crippen LogP contribution in [-0.4, -0.2) is 24.4 Å². The summed E-state index contributed by atoms with van der Waals surface area (Å²) in [6.45, 7) is 2.63. The Morgan fingerprint density at radius 3 is 2.76 bits per heavy atom. The predicted molar refractivity (Wildman–Crippen MR) is 83.4 cm³/mol. The minimum absolute atomic E-state index is 0.0973. The number of hydrogen-bond acceptors (Lipinski definition) is 3. The van der Waals surface area contributed by atoms with Gasteiger partial charge in [0.05, 0.1) is 4.88 Å². The summed E-state index contributed by atoms with van der Waals surface area (Å²) >= 11 is 1.46. The average Bonchev–Trinajstić information content (AvgIpc) is 3.07. The summed E-state index contributed by atoms with van der Waals surface area (Å²) in [7, 11) is 0. The summed E-state index contributed by atoms with van der Waals surface area (Å²) in [5.74, 6) is -0.271. The van der Waals surface area contributed by atoms with E-state index in [1.54, 1.807) is 0 Å². The van der Waals surface area contributed by atoms with E-state index in [0.717, 1.165) is 16.0 Å². The van der Waals surface area contributed by atoms with E-state index in [2.05, 4.69) is 10.6 Å². The molecule has 5 heteroatoms. The van der Waals surface area contributed by atoms with Crippen LogP contribution >= 0.6 is 11.3 Å². The lowest BCUT2D eigenvalue weighted by Gasteiger charge is -2.08. The van der Waals surface area contributed by atoms with Gasteiger partial charge >= 0.3 is 0 Å². The van der Waals surface area contributed by atoms with Gasteiger partial charge in [-0.05, 0) is 30.5 Å². The van der Waals surface area contributed by atoms with Gasteiger partial charge in [-0.3, -0.25) is 9.59 Å². The summed E-state index contributed by atoms with van der Waals surface area (Å²) in [6, 6.07) is 11.5. The molecule has 1 atom stereocenters. The molecule has 1 fully saturated rings. The van der Waals surface area contributed by atoms with Gasteiger partial charge < -0.3 is 10.6 Å². The van der Waals surface area contributed by atoms with Crippen molar-refractivity contribution in [1.29, 1.82) is 0 Å². The fraction of sp³-hybridized carbons (Fsp3) is 0.250. The van der Waals surface area contributed by atoms with Crippen molar-refractivity contribution in [1.82, 2.24) is 10.6 Å². The smallest absolute Gasteiger partial charge is 0.262 e. The lowest BCUT2D eigenvalue weighted by molar-refractivity contribution is -0.120. The molecule has 108 valence electrons. The molecule has 1 unspecified atom stereocenters. The first-order chi connectivity index (χ1) is 10.1. The third kappa shape index (κ3) is 2.83. The molecule has 2 N–H and O–H groups in total. The first kappa shape index (κ1) is 13.8. The third-order valence-electron chi connectivity index (χ3n) is 3.53. The molecule has 3 rings (SSSR count). The van der Waals surface area contributed by atoms with E-state index in [9.17, 15) is 9.59 Å². The number of carbonyl (C=O) groups is 2. The SMILES string of the molecule is Cc1cc(C(=O)NC2CCNC2=O)sc1-c1ccccc1. The second kappa shape index (κ2) is 5.69. The van der Waals surface area contributed by atoms with Gasteiger partial charge in [-0.2, -0.15) is 0 Å². The molecule has 21 heavy (non-hydrogen) atoms. The summed E-state index contributed by atoms with van der Waals surface area (Å²) in [5.41, 5.74) is 2.19. The van der Waals surface area contributed by atoms with Crippen molar-refractivity contribution >= 4 is 23.2 Å². The molecule has 0 bridgehead atoms. The quantitative estimate of drug-likeness (QED) is 0.914. The Labute approximate surface area is 127 Å². The summed E-state index contributed by atoms with van der Waals surface area (Å²) in [6.07, 6.45) is 0.653. The number of carbonyl (C=O) groups excluding carboxylic acids is 2. The van der Waals surface area contributed by atoms with Gasteiger partial charge in [-0.1, -0.05) is 30.3 Å². The lowest BCUT2D eigenvalue weighted by Crippen LogP contribution is -2.39. The number of aryl methyl sites for hydroxylation is 1. The van der Waals surface area contributed by atoms with Crippen molar-refractivity contribution < 1.29 is 9.59 Å². The largest absolute Gasteiger partial charge is 0.354 e. The van der Waals surface area contributed by atoms with E-state index in [0.29, 0.717) is 17.8 Å². The molecule has 1 aromatic heterocycles. The Morgan fingerprint density at radius 1 is 1.33 bits per heavy atom. The van der Waals surface area contributed by atoms with Crippen molar-refractivity contribution in [3.63, 3.8) is 0 Å². The van der Waals surface area contributed by atoms with Gasteiger partial charge in [-0.15, -0.1) is 11.3 Å². The van der Waals surface area contributed by atoms with Gasteiger partial charge in [0.15, 0.2) is 0 Å². The Balaban J connectivity index is 1.80. The average molecular weight is 300 g/mol. The number of thiophene rings is 1. The molecule has 1 aromatic carbocycles. The van der Waals surface area contributed by atoms with Crippen molar-refractivity contribution in [3.8, 4) is 10.4 Å². The zero-order valence-corrected chi connectivity index (χ0v) is 12.5. The molecule has 0 saturated carbocycles. The van der Waals surface area contributed by atoms with E-state index in [-0.39, 0.29) is 11.8 Å². The second-order valence-corrected chi connectivity index (χ2v) is 6.15. The van der Waals surface area contributed by atoms with Crippen molar-refractivity contribution in [3.05, 3.63) is 46.8 Å². The highest BCUT2D eigenvalue weighted by Gasteiger charge is 2.26. The third-order valence-corrected chi connectivity index (χ3v) is 4.82. The molecule has 0 aliphatic carbocycles. The zero-order chi connectivity index (χ0) is 14.8. The minimum Gasteiger partial charge on any atom is -0.354 e. The molecule has 1 saturated heterocycles. The number of nitrogens with one attached hydrogen (secondary N) is 2. The zero-order valence-electron chi connectivity index (χ0n) is 11.7. The Hall–Kier alpha value is -2.14. The maximum atomic E-state index is 12.3. The molecule has 4 nitrogen and oxygen atoms in total. The van der Waals surface area contributed by atoms with Crippen LogP contribution in [0.1, 0.15) is 21.7 Å². The topological polar surface area (TPSA) is 58.2 Å². The van der Waals surface area contributed by atoms with Crippen LogP contribution in [0.15, 0.2) is 36.4 Å². The van der Waals surface area contributed by atoms with Gasteiger partial charge in [0, 0.05) is 11.4 Å². The molecule has 2 amide bonds. The Bertz CT molecular complexity index is 679. The second-order valence-electron chi connectivity index (χ2n) is 5.09. The van der Waals surface area contributed by atoms with Crippen LogP contribution in [-0.2, 0) is 4.79 Å². The molecule has 1 aliphatic heterocycles. The standard InChI is InChI=1S/C16H16N2O2S/c1-10-9-13(16(20)18-12-7-8-17-15(12)19)21-14(10)11-5-3-2-4-6-11/h2-6,9,12H,7-8H2,1H3,(H,17,19)(H,18,20).